The zero-order valence-electron chi connectivity index (χ0n) is 11.5. The lowest BCUT2D eigenvalue weighted by Gasteiger charge is -2.25. The number of nitrogens with one attached hydrogen (secondary N) is 2. The Kier molecular flexibility index (Phi) is 6.16. The van der Waals surface area contributed by atoms with Gasteiger partial charge in [0, 0.05) is 19.0 Å². The fraction of sp³-hybridized carbons (Fsp3) is 0.833. The fourth-order valence-electron chi connectivity index (χ4n) is 1.20. The lowest BCUT2D eigenvalue weighted by molar-refractivity contribution is -0.124. The minimum Gasteiger partial charge on any atom is -0.354 e. The van der Waals surface area contributed by atoms with Crippen molar-refractivity contribution in [3.63, 3.8) is 0 Å². The molecule has 100 valence electrons. The Bertz CT molecular complexity index is 269. The number of amides is 2. The van der Waals surface area contributed by atoms with E-state index in [9.17, 15) is 9.59 Å². The quantitative estimate of drug-likeness (QED) is 0.653. The van der Waals surface area contributed by atoms with Gasteiger partial charge in [0.15, 0.2) is 0 Å². The molecule has 1 atom stereocenters. The predicted octanol–water partition coefficient (Wildman–Crippen LogP) is 0.391. The van der Waals surface area contributed by atoms with Gasteiger partial charge in [0.05, 0.1) is 6.04 Å². The van der Waals surface area contributed by atoms with E-state index in [0.29, 0.717) is 6.54 Å². The van der Waals surface area contributed by atoms with E-state index in [2.05, 4.69) is 10.6 Å². The van der Waals surface area contributed by atoms with E-state index in [0.717, 1.165) is 0 Å². The van der Waals surface area contributed by atoms with Crippen LogP contribution in [-0.4, -0.2) is 30.4 Å². The van der Waals surface area contributed by atoms with Crippen molar-refractivity contribution in [3.05, 3.63) is 0 Å². The van der Waals surface area contributed by atoms with Crippen LogP contribution >= 0.6 is 0 Å². The largest absolute Gasteiger partial charge is 0.354 e. The molecule has 5 heteroatoms. The minimum atomic E-state index is -0.560. The van der Waals surface area contributed by atoms with Crippen molar-refractivity contribution < 1.29 is 9.59 Å². The van der Waals surface area contributed by atoms with Crippen LogP contribution in [-0.2, 0) is 9.59 Å². The molecule has 0 radical (unpaired) electrons. The van der Waals surface area contributed by atoms with E-state index in [4.69, 9.17) is 5.73 Å². The molecule has 0 unspecified atom stereocenters. The summed E-state index contributed by atoms with van der Waals surface area (Å²) in [5, 5.41) is 5.42. The van der Waals surface area contributed by atoms with Crippen LogP contribution in [0.1, 0.15) is 41.0 Å². The molecular weight excluding hydrogens is 218 g/mol. The van der Waals surface area contributed by atoms with Crippen molar-refractivity contribution in [3.8, 4) is 0 Å². The van der Waals surface area contributed by atoms with Crippen LogP contribution < -0.4 is 16.4 Å². The first kappa shape index (κ1) is 15.9. The molecule has 17 heavy (non-hydrogen) atoms. The lowest BCUT2D eigenvalue weighted by Crippen LogP contribution is -2.49. The summed E-state index contributed by atoms with van der Waals surface area (Å²) in [7, 11) is 0. The standard InChI is InChI=1S/C12H25N3O2/c1-8(2)15-9(16)6-7-14-11(17)10(13)12(3,4)5/h8,10H,6-7,13H2,1-5H3,(H,14,17)(H,15,16)/t10-/m1/s1. The molecule has 0 aliphatic carbocycles. The SMILES string of the molecule is CC(C)NC(=O)CCNC(=O)[C@@H](N)C(C)(C)C. The van der Waals surface area contributed by atoms with Crippen LogP contribution in [0.15, 0.2) is 0 Å². The third-order valence-corrected chi connectivity index (χ3v) is 2.32. The summed E-state index contributed by atoms with van der Waals surface area (Å²) in [6, 6.07) is -0.439. The van der Waals surface area contributed by atoms with Crippen molar-refractivity contribution in [2.45, 2.75) is 53.1 Å². The molecule has 0 bridgehead atoms. The normalized spacial score (nSPS) is 13.4. The summed E-state index contributed by atoms with van der Waals surface area (Å²) in [6.07, 6.45) is 0.279. The maximum absolute atomic E-state index is 11.6. The van der Waals surface area contributed by atoms with Gasteiger partial charge < -0.3 is 16.4 Å². The second-order valence-corrected chi connectivity index (χ2v) is 5.61. The van der Waals surface area contributed by atoms with E-state index in [-0.39, 0.29) is 29.7 Å². The van der Waals surface area contributed by atoms with Crippen molar-refractivity contribution >= 4 is 11.8 Å². The average molecular weight is 243 g/mol. The summed E-state index contributed by atoms with van der Waals surface area (Å²) in [5.41, 5.74) is 5.51. The van der Waals surface area contributed by atoms with Crippen molar-refractivity contribution in [2.75, 3.05) is 6.54 Å². The molecule has 0 rings (SSSR count). The highest BCUT2D eigenvalue weighted by atomic mass is 16.2. The van der Waals surface area contributed by atoms with Crippen LogP contribution in [0.25, 0.3) is 0 Å². The molecule has 0 aromatic rings. The number of carbonyl (C=O) groups is 2. The van der Waals surface area contributed by atoms with Gasteiger partial charge in [-0.3, -0.25) is 9.59 Å². The van der Waals surface area contributed by atoms with Gasteiger partial charge in [-0.25, -0.2) is 0 Å². The molecule has 0 saturated heterocycles. The Balaban J connectivity index is 3.90. The highest BCUT2D eigenvalue weighted by Crippen LogP contribution is 2.16. The van der Waals surface area contributed by atoms with E-state index in [1.54, 1.807) is 0 Å². The van der Waals surface area contributed by atoms with Gasteiger partial charge >= 0.3 is 0 Å². The molecule has 5 nitrogen and oxygen atoms in total. The zero-order valence-corrected chi connectivity index (χ0v) is 11.5. The molecule has 0 fully saturated rings. The summed E-state index contributed by atoms with van der Waals surface area (Å²) in [6.45, 7) is 9.83. The summed E-state index contributed by atoms with van der Waals surface area (Å²) in [5.74, 6) is -0.278. The molecule has 0 aliphatic heterocycles. The Morgan fingerprint density at radius 2 is 1.76 bits per heavy atom. The first-order valence-corrected chi connectivity index (χ1v) is 5.97. The Morgan fingerprint density at radius 1 is 1.24 bits per heavy atom. The van der Waals surface area contributed by atoms with Gasteiger partial charge in [0.25, 0.3) is 0 Å². The topological polar surface area (TPSA) is 84.2 Å². The smallest absolute Gasteiger partial charge is 0.237 e. The van der Waals surface area contributed by atoms with Crippen LogP contribution in [0.3, 0.4) is 0 Å². The number of nitrogens with two attached hydrogens (primary N) is 1. The molecule has 0 aromatic carbocycles. The Hall–Kier alpha value is -1.10. The molecule has 0 heterocycles. The van der Waals surface area contributed by atoms with E-state index in [1.165, 1.54) is 0 Å². The summed E-state index contributed by atoms with van der Waals surface area (Å²) < 4.78 is 0. The zero-order chi connectivity index (χ0) is 13.6. The molecule has 2 amide bonds. The Labute approximate surface area is 104 Å². The van der Waals surface area contributed by atoms with Gasteiger partial charge in [-0.15, -0.1) is 0 Å². The highest BCUT2D eigenvalue weighted by Gasteiger charge is 2.27. The monoisotopic (exact) mass is 243 g/mol. The molecular formula is C12H25N3O2. The molecule has 0 aromatic heterocycles. The number of carbonyl (C=O) groups excluding carboxylic acids is 2. The predicted molar refractivity (Wildman–Crippen MR) is 68.3 cm³/mol. The fourth-order valence-corrected chi connectivity index (χ4v) is 1.20. The van der Waals surface area contributed by atoms with Gasteiger partial charge in [0.2, 0.25) is 11.8 Å². The van der Waals surface area contributed by atoms with Crippen LogP contribution in [0.4, 0.5) is 0 Å². The number of hydrogen-bond acceptors (Lipinski definition) is 3. The van der Waals surface area contributed by atoms with Gasteiger partial charge in [-0.05, 0) is 19.3 Å². The van der Waals surface area contributed by atoms with Crippen LogP contribution in [0.2, 0.25) is 0 Å². The van der Waals surface area contributed by atoms with Crippen molar-refractivity contribution in [1.82, 2.24) is 10.6 Å². The summed E-state index contributed by atoms with van der Waals surface area (Å²) in [4.78, 5) is 22.9. The van der Waals surface area contributed by atoms with Gasteiger partial charge in [-0.2, -0.15) is 0 Å². The maximum atomic E-state index is 11.6. The minimum absolute atomic E-state index is 0.0652. The highest BCUT2D eigenvalue weighted by molar-refractivity contribution is 5.83. The summed E-state index contributed by atoms with van der Waals surface area (Å²) >= 11 is 0. The lowest BCUT2D eigenvalue weighted by atomic mass is 9.87. The average Bonchev–Trinajstić information content (AvgIpc) is 2.13. The first-order valence-electron chi connectivity index (χ1n) is 5.97. The van der Waals surface area contributed by atoms with Crippen LogP contribution in [0.5, 0.6) is 0 Å². The third kappa shape index (κ3) is 6.94. The first-order chi connectivity index (χ1) is 7.64. The van der Waals surface area contributed by atoms with E-state index < -0.39 is 6.04 Å². The second-order valence-electron chi connectivity index (χ2n) is 5.61. The Morgan fingerprint density at radius 3 is 2.18 bits per heavy atom. The van der Waals surface area contributed by atoms with E-state index >= 15 is 0 Å². The second kappa shape index (κ2) is 6.59. The van der Waals surface area contributed by atoms with E-state index in [1.807, 2.05) is 34.6 Å². The number of rotatable bonds is 5. The molecule has 4 N–H and O–H groups in total. The maximum Gasteiger partial charge on any atom is 0.237 e. The molecule has 0 saturated carbocycles. The van der Waals surface area contributed by atoms with Gasteiger partial charge in [-0.1, -0.05) is 20.8 Å². The molecule has 0 aliphatic rings. The van der Waals surface area contributed by atoms with Crippen LogP contribution in [0, 0.1) is 5.41 Å². The number of hydrogen-bond donors (Lipinski definition) is 3. The molecule has 0 spiro atoms. The third-order valence-electron chi connectivity index (χ3n) is 2.32. The van der Waals surface area contributed by atoms with Crippen molar-refractivity contribution in [1.29, 1.82) is 0 Å². The van der Waals surface area contributed by atoms with Gasteiger partial charge in [0.1, 0.15) is 0 Å². The van der Waals surface area contributed by atoms with Crippen molar-refractivity contribution in [2.24, 2.45) is 11.1 Å².